The molecule has 0 bridgehead atoms. The molecular formula is C5H8INO2. The molecule has 0 aromatic carbocycles. The average Bonchev–Trinajstić information content (AvgIpc) is 2.14. The number of hydrogen-bond acceptors (Lipinski definition) is 2. The van der Waals surface area contributed by atoms with Crippen molar-refractivity contribution in [3.05, 3.63) is 0 Å². The van der Waals surface area contributed by atoms with Crippen molar-refractivity contribution in [1.82, 2.24) is 3.11 Å². The van der Waals surface area contributed by atoms with Crippen LogP contribution >= 0.6 is 22.9 Å². The normalized spacial score (nSPS) is 28.8. The first-order chi connectivity index (χ1) is 4.20. The molecule has 1 heterocycles. The Bertz CT molecular complexity index is 128. The summed E-state index contributed by atoms with van der Waals surface area (Å²) in [7, 11) is 0. The van der Waals surface area contributed by atoms with Crippen LogP contribution in [0.4, 0.5) is 0 Å². The third kappa shape index (κ3) is 1.79. The van der Waals surface area contributed by atoms with Crippen LogP contribution in [0.15, 0.2) is 0 Å². The van der Waals surface area contributed by atoms with E-state index in [4.69, 9.17) is 5.11 Å². The number of rotatable bonds is 1. The van der Waals surface area contributed by atoms with Crippen molar-refractivity contribution in [3.63, 3.8) is 0 Å². The van der Waals surface area contributed by atoms with Gasteiger partial charge in [0.25, 0.3) is 0 Å². The van der Waals surface area contributed by atoms with Gasteiger partial charge in [-0.15, -0.1) is 0 Å². The molecule has 1 saturated heterocycles. The molecule has 52 valence electrons. The Morgan fingerprint density at radius 1 is 1.78 bits per heavy atom. The van der Waals surface area contributed by atoms with Gasteiger partial charge in [-0.1, -0.05) is 0 Å². The van der Waals surface area contributed by atoms with Crippen molar-refractivity contribution in [3.8, 4) is 0 Å². The second-order valence-corrected chi connectivity index (χ2v) is 3.56. The molecule has 0 saturated carbocycles. The maximum absolute atomic E-state index is 10.3. The predicted octanol–water partition coefficient (Wildman–Crippen LogP) is 0.743. The van der Waals surface area contributed by atoms with E-state index in [1.807, 2.05) is 3.11 Å². The van der Waals surface area contributed by atoms with Gasteiger partial charge < -0.3 is 5.11 Å². The van der Waals surface area contributed by atoms with Gasteiger partial charge in [0.15, 0.2) is 0 Å². The van der Waals surface area contributed by atoms with Gasteiger partial charge in [-0.05, 0) is 6.42 Å². The first-order valence-corrected chi connectivity index (χ1v) is 3.80. The van der Waals surface area contributed by atoms with Gasteiger partial charge in [0.1, 0.15) is 0 Å². The summed E-state index contributed by atoms with van der Waals surface area (Å²) in [5.74, 6) is -0.781. The fourth-order valence-corrected chi connectivity index (χ4v) is 1.67. The lowest BCUT2D eigenvalue weighted by molar-refractivity contribution is -0.141. The Balaban J connectivity index is 2.39. The minimum atomic E-state index is -0.658. The van der Waals surface area contributed by atoms with Crippen LogP contribution in [0.2, 0.25) is 0 Å². The topological polar surface area (TPSA) is 40.5 Å². The van der Waals surface area contributed by atoms with Gasteiger partial charge in [0, 0.05) is 36.0 Å². The van der Waals surface area contributed by atoms with E-state index in [0.717, 1.165) is 13.0 Å². The molecule has 0 aliphatic carbocycles. The molecule has 1 N–H and O–H groups in total. The van der Waals surface area contributed by atoms with Crippen LogP contribution in [0.1, 0.15) is 6.42 Å². The Hall–Kier alpha value is 0.160. The molecule has 0 aromatic heterocycles. The fraction of sp³-hybridized carbons (Fsp3) is 0.800. The molecular weight excluding hydrogens is 233 g/mol. The summed E-state index contributed by atoms with van der Waals surface area (Å²) < 4.78 is 2.01. The summed E-state index contributed by atoms with van der Waals surface area (Å²) in [6.07, 6.45) is 0.804. The second-order valence-electron chi connectivity index (χ2n) is 2.19. The minimum absolute atomic E-state index is 0.123. The van der Waals surface area contributed by atoms with Crippen LogP contribution in [-0.2, 0) is 4.79 Å². The summed E-state index contributed by atoms with van der Waals surface area (Å²) in [4.78, 5) is 10.3. The molecule has 1 aliphatic heterocycles. The van der Waals surface area contributed by atoms with E-state index in [1.54, 1.807) is 0 Å². The highest BCUT2D eigenvalue weighted by Gasteiger charge is 2.26. The summed E-state index contributed by atoms with van der Waals surface area (Å²) in [6, 6.07) is 0. The summed E-state index contributed by atoms with van der Waals surface area (Å²) in [5.41, 5.74) is 0. The molecule has 1 atom stereocenters. The smallest absolute Gasteiger partial charge is 0.307 e. The maximum atomic E-state index is 10.3. The molecule has 1 unspecified atom stereocenters. The number of halogens is 1. The summed E-state index contributed by atoms with van der Waals surface area (Å²) in [6.45, 7) is 1.62. The lowest BCUT2D eigenvalue weighted by Gasteiger charge is -2.01. The highest BCUT2D eigenvalue weighted by molar-refractivity contribution is 14.1. The standard InChI is InChI=1S/C5H8INO2/c6-7-2-1-4(3-7)5(8)9/h4H,1-3H2,(H,8,9). The third-order valence-electron chi connectivity index (χ3n) is 1.49. The SMILES string of the molecule is O=C(O)C1CCN(I)C1. The van der Waals surface area contributed by atoms with E-state index in [2.05, 4.69) is 22.9 Å². The Morgan fingerprint density at radius 3 is 2.67 bits per heavy atom. The van der Waals surface area contributed by atoms with Gasteiger partial charge >= 0.3 is 5.97 Å². The highest BCUT2D eigenvalue weighted by Crippen LogP contribution is 2.18. The summed E-state index contributed by atoms with van der Waals surface area (Å²) >= 11 is 2.15. The lowest BCUT2D eigenvalue weighted by Crippen LogP contribution is -2.15. The Labute approximate surface area is 67.5 Å². The molecule has 9 heavy (non-hydrogen) atoms. The quantitative estimate of drug-likeness (QED) is 0.543. The molecule has 0 radical (unpaired) electrons. The van der Waals surface area contributed by atoms with Gasteiger partial charge in [-0.3, -0.25) is 4.79 Å². The molecule has 0 aromatic rings. The Kier molecular flexibility index (Phi) is 2.29. The van der Waals surface area contributed by atoms with Crippen molar-refractivity contribution in [2.75, 3.05) is 13.1 Å². The zero-order chi connectivity index (χ0) is 6.85. The van der Waals surface area contributed by atoms with Crippen molar-refractivity contribution in [2.24, 2.45) is 5.92 Å². The van der Waals surface area contributed by atoms with Gasteiger partial charge in [0.05, 0.1) is 5.92 Å². The zero-order valence-corrected chi connectivity index (χ0v) is 7.04. The molecule has 1 rings (SSSR count). The fourth-order valence-electron chi connectivity index (χ4n) is 0.919. The van der Waals surface area contributed by atoms with E-state index in [-0.39, 0.29) is 5.92 Å². The number of carboxylic acid groups (broad SMARTS) is 1. The monoisotopic (exact) mass is 241 g/mol. The number of hydrogen-bond donors (Lipinski definition) is 1. The van der Waals surface area contributed by atoms with Gasteiger partial charge in [-0.2, -0.15) is 0 Å². The lowest BCUT2D eigenvalue weighted by atomic mass is 10.1. The molecule has 3 nitrogen and oxygen atoms in total. The molecule has 0 spiro atoms. The molecule has 1 fully saturated rings. The zero-order valence-electron chi connectivity index (χ0n) is 4.88. The van der Waals surface area contributed by atoms with E-state index in [9.17, 15) is 4.79 Å². The van der Waals surface area contributed by atoms with Crippen LogP contribution in [0.3, 0.4) is 0 Å². The van der Waals surface area contributed by atoms with Crippen LogP contribution in [0, 0.1) is 5.92 Å². The number of nitrogens with zero attached hydrogens (tertiary/aromatic N) is 1. The predicted molar refractivity (Wildman–Crippen MR) is 41.3 cm³/mol. The minimum Gasteiger partial charge on any atom is -0.481 e. The number of aliphatic carboxylic acids is 1. The average molecular weight is 241 g/mol. The summed E-state index contributed by atoms with van der Waals surface area (Å²) in [5, 5.41) is 8.50. The van der Waals surface area contributed by atoms with Crippen molar-refractivity contribution < 1.29 is 9.90 Å². The van der Waals surface area contributed by atoms with Crippen LogP contribution in [0.5, 0.6) is 0 Å². The van der Waals surface area contributed by atoms with Gasteiger partial charge in [-0.25, -0.2) is 3.11 Å². The molecule has 4 heteroatoms. The van der Waals surface area contributed by atoms with Crippen molar-refractivity contribution in [1.29, 1.82) is 0 Å². The van der Waals surface area contributed by atoms with Crippen LogP contribution in [-0.4, -0.2) is 27.3 Å². The second kappa shape index (κ2) is 2.83. The number of carboxylic acids is 1. The first kappa shape index (κ1) is 7.27. The van der Waals surface area contributed by atoms with E-state index < -0.39 is 5.97 Å². The van der Waals surface area contributed by atoms with E-state index in [1.165, 1.54) is 0 Å². The van der Waals surface area contributed by atoms with E-state index >= 15 is 0 Å². The first-order valence-electron chi connectivity index (χ1n) is 2.83. The third-order valence-corrected chi connectivity index (χ3v) is 2.36. The molecule has 1 aliphatic rings. The largest absolute Gasteiger partial charge is 0.481 e. The van der Waals surface area contributed by atoms with Crippen LogP contribution < -0.4 is 0 Å². The Morgan fingerprint density at radius 2 is 2.44 bits per heavy atom. The van der Waals surface area contributed by atoms with E-state index in [0.29, 0.717) is 6.54 Å². The van der Waals surface area contributed by atoms with Gasteiger partial charge in [0.2, 0.25) is 0 Å². The maximum Gasteiger partial charge on any atom is 0.307 e. The highest BCUT2D eigenvalue weighted by atomic mass is 127. The number of carbonyl (C=O) groups is 1. The van der Waals surface area contributed by atoms with Crippen molar-refractivity contribution >= 4 is 28.8 Å². The molecule has 0 amide bonds. The van der Waals surface area contributed by atoms with Crippen molar-refractivity contribution in [2.45, 2.75) is 6.42 Å². The van der Waals surface area contributed by atoms with Crippen LogP contribution in [0.25, 0.3) is 0 Å².